The SMILES string of the molecule is NCC(=O)c1c(-c2cccc(Br)c2)nc2ccccn12. The number of Topliss-reactive ketones (excluding diaryl/α,β-unsaturated/α-hetero) is 1. The summed E-state index contributed by atoms with van der Waals surface area (Å²) in [4.78, 5) is 16.7. The lowest BCUT2D eigenvalue weighted by atomic mass is 10.1. The molecule has 0 atom stereocenters. The molecule has 3 aromatic rings. The number of fused-ring (bicyclic) bond motifs is 1. The Bertz CT molecular complexity index is 795. The molecule has 0 fully saturated rings. The molecule has 0 unspecified atom stereocenters. The minimum Gasteiger partial charge on any atom is -0.324 e. The summed E-state index contributed by atoms with van der Waals surface area (Å²) in [5.41, 5.74) is 8.34. The summed E-state index contributed by atoms with van der Waals surface area (Å²) in [5.74, 6) is -0.126. The number of benzene rings is 1. The molecule has 1 aromatic carbocycles. The Morgan fingerprint density at radius 3 is 2.85 bits per heavy atom. The number of halogens is 1. The van der Waals surface area contributed by atoms with Crippen LogP contribution in [0, 0.1) is 0 Å². The monoisotopic (exact) mass is 329 g/mol. The Kier molecular flexibility index (Phi) is 3.38. The van der Waals surface area contributed by atoms with Gasteiger partial charge in [-0.2, -0.15) is 0 Å². The molecule has 2 heterocycles. The number of carbonyl (C=O) groups excluding carboxylic acids is 1. The zero-order valence-corrected chi connectivity index (χ0v) is 12.2. The number of hydrogen-bond acceptors (Lipinski definition) is 3. The normalized spacial score (nSPS) is 10.9. The molecule has 5 heteroatoms. The Labute approximate surface area is 124 Å². The van der Waals surface area contributed by atoms with E-state index >= 15 is 0 Å². The van der Waals surface area contributed by atoms with Gasteiger partial charge in [-0.25, -0.2) is 4.98 Å². The number of imidazole rings is 1. The van der Waals surface area contributed by atoms with Crippen LogP contribution in [0.3, 0.4) is 0 Å². The maximum atomic E-state index is 12.2. The highest BCUT2D eigenvalue weighted by Crippen LogP contribution is 2.27. The van der Waals surface area contributed by atoms with Crippen molar-refractivity contribution in [3.05, 3.63) is 58.8 Å². The molecule has 20 heavy (non-hydrogen) atoms. The van der Waals surface area contributed by atoms with Crippen LogP contribution in [0.1, 0.15) is 10.5 Å². The lowest BCUT2D eigenvalue weighted by Crippen LogP contribution is -2.16. The number of hydrogen-bond donors (Lipinski definition) is 1. The highest BCUT2D eigenvalue weighted by atomic mass is 79.9. The minimum atomic E-state index is -0.126. The van der Waals surface area contributed by atoms with E-state index in [1.807, 2.05) is 48.7 Å². The first-order valence-electron chi connectivity index (χ1n) is 6.17. The first kappa shape index (κ1) is 13.0. The maximum absolute atomic E-state index is 12.2. The van der Waals surface area contributed by atoms with Gasteiger partial charge in [-0.05, 0) is 24.3 Å². The zero-order chi connectivity index (χ0) is 14.1. The highest BCUT2D eigenvalue weighted by molar-refractivity contribution is 9.10. The van der Waals surface area contributed by atoms with E-state index in [9.17, 15) is 4.79 Å². The van der Waals surface area contributed by atoms with E-state index in [1.165, 1.54) is 0 Å². The smallest absolute Gasteiger partial charge is 0.195 e. The summed E-state index contributed by atoms with van der Waals surface area (Å²) in [7, 11) is 0. The van der Waals surface area contributed by atoms with Crippen molar-refractivity contribution in [3.8, 4) is 11.3 Å². The summed E-state index contributed by atoms with van der Waals surface area (Å²) in [6.07, 6.45) is 1.83. The van der Waals surface area contributed by atoms with Gasteiger partial charge in [0.15, 0.2) is 5.78 Å². The van der Waals surface area contributed by atoms with Crippen molar-refractivity contribution in [2.75, 3.05) is 6.54 Å². The number of aromatic nitrogens is 2. The molecular weight excluding hydrogens is 318 g/mol. The lowest BCUT2D eigenvalue weighted by molar-refractivity contribution is 0.0996. The van der Waals surface area contributed by atoms with Gasteiger partial charge in [-0.1, -0.05) is 34.1 Å². The van der Waals surface area contributed by atoms with Crippen molar-refractivity contribution in [3.63, 3.8) is 0 Å². The summed E-state index contributed by atoms with van der Waals surface area (Å²) in [6.45, 7) is -0.0380. The van der Waals surface area contributed by atoms with E-state index in [4.69, 9.17) is 5.73 Å². The number of rotatable bonds is 3. The third kappa shape index (κ3) is 2.15. The van der Waals surface area contributed by atoms with Crippen LogP contribution in [0.5, 0.6) is 0 Å². The fourth-order valence-electron chi connectivity index (χ4n) is 2.20. The van der Waals surface area contributed by atoms with Crippen LogP contribution in [0.4, 0.5) is 0 Å². The van der Waals surface area contributed by atoms with Crippen molar-refractivity contribution in [1.29, 1.82) is 0 Å². The molecule has 3 rings (SSSR count). The Morgan fingerprint density at radius 1 is 1.25 bits per heavy atom. The molecule has 0 radical (unpaired) electrons. The summed E-state index contributed by atoms with van der Waals surface area (Å²) in [5, 5.41) is 0. The van der Waals surface area contributed by atoms with Crippen LogP contribution in [0.25, 0.3) is 16.9 Å². The standard InChI is InChI=1S/C15H12BrN3O/c16-11-5-3-4-10(8-11)14-15(12(20)9-17)19-7-2-1-6-13(19)18-14/h1-8H,9,17H2. The van der Waals surface area contributed by atoms with Crippen molar-refractivity contribution < 1.29 is 4.79 Å². The molecule has 2 N–H and O–H groups in total. The van der Waals surface area contributed by atoms with Gasteiger partial charge < -0.3 is 5.73 Å². The molecule has 0 aliphatic carbocycles. The molecule has 100 valence electrons. The molecule has 0 spiro atoms. The number of nitrogens with zero attached hydrogens (tertiary/aromatic N) is 2. The molecule has 2 aromatic heterocycles. The van der Waals surface area contributed by atoms with Crippen LogP contribution in [-0.2, 0) is 0 Å². The average Bonchev–Trinajstić information content (AvgIpc) is 2.86. The van der Waals surface area contributed by atoms with Gasteiger partial charge in [0.05, 0.1) is 6.54 Å². The third-order valence-electron chi connectivity index (χ3n) is 3.08. The van der Waals surface area contributed by atoms with Crippen molar-refractivity contribution in [2.24, 2.45) is 5.73 Å². The second-order valence-corrected chi connectivity index (χ2v) is 5.29. The van der Waals surface area contributed by atoms with Gasteiger partial charge in [0, 0.05) is 16.2 Å². The molecule has 4 nitrogen and oxygen atoms in total. The molecule has 0 saturated heterocycles. The Balaban J connectivity index is 2.32. The summed E-state index contributed by atoms with van der Waals surface area (Å²) >= 11 is 3.44. The molecule has 0 bridgehead atoms. The fourth-order valence-corrected chi connectivity index (χ4v) is 2.60. The second kappa shape index (κ2) is 5.19. The largest absolute Gasteiger partial charge is 0.324 e. The Hall–Kier alpha value is -1.98. The van der Waals surface area contributed by atoms with E-state index in [0.717, 1.165) is 15.7 Å². The molecule has 0 saturated carbocycles. The van der Waals surface area contributed by atoms with Gasteiger partial charge >= 0.3 is 0 Å². The van der Waals surface area contributed by atoms with Crippen LogP contribution >= 0.6 is 15.9 Å². The molecule has 0 aliphatic heterocycles. The maximum Gasteiger partial charge on any atom is 0.195 e. The molecular formula is C15H12BrN3O. The van der Waals surface area contributed by atoms with Crippen LogP contribution in [-0.4, -0.2) is 21.7 Å². The number of ketones is 1. The van der Waals surface area contributed by atoms with Gasteiger partial charge in [0.25, 0.3) is 0 Å². The Morgan fingerprint density at radius 2 is 2.10 bits per heavy atom. The topological polar surface area (TPSA) is 60.4 Å². The third-order valence-corrected chi connectivity index (χ3v) is 3.57. The van der Waals surface area contributed by atoms with E-state index < -0.39 is 0 Å². The quantitative estimate of drug-likeness (QED) is 0.751. The van der Waals surface area contributed by atoms with Crippen molar-refractivity contribution >= 4 is 27.4 Å². The summed E-state index contributed by atoms with van der Waals surface area (Å²) < 4.78 is 2.73. The van der Waals surface area contributed by atoms with Crippen LogP contribution in [0.15, 0.2) is 53.1 Å². The lowest BCUT2D eigenvalue weighted by Gasteiger charge is -2.03. The molecule has 0 amide bonds. The highest BCUT2D eigenvalue weighted by Gasteiger charge is 2.19. The fraction of sp³-hybridized carbons (Fsp3) is 0.0667. The van der Waals surface area contributed by atoms with E-state index in [2.05, 4.69) is 20.9 Å². The predicted octanol–water partition coefficient (Wildman–Crippen LogP) is 2.91. The van der Waals surface area contributed by atoms with E-state index in [1.54, 1.807) is 4.40 Å². The average molecular weight is 330 g/mol. The van der Waals surface area contributed by atoms with E-state index in [0.29, 0.717) is 11.4 Å². The van der Waals surface area contributed by atoms with Crippen LogP contribution in [0.2, 0.25) is 0 Å². The summed E-state index contributed by atoms with van der Waals surface area (Å²) in [6, 6.07) is 13.4. The second-order valence-electron chi connectivity index (χ2n) is 4.38. The number of carbonyl (C=O) groups is 1. The predicted molar refractivity (Wildman–Crippen MR) is 81.7 cm³/mol. The van der Waals surface area contributed by atoms with Gasteiger partial charge in [0.1, 0.15) is 17.0 Å². The minimum absolute atomic E-state index is 0.0380. The van der Waals surface area contributed by atoms with Crippen molar-refractivity contribution in [2.45, 2.75) is 0 Å². The number of nitrogens with two attached hydrogens (primary N) is 1. The van der Waals surface area contributed by atoms with Gasteiger partial charge in [0.2, 0.25) is 0 Å². The molecule has 0 aliphatic rings. The van der Waals surface area contributed by atoms with E-state index in [-0.39, 0.29) is 12.3 Å². The van der Waals surface area contributed by atoms with Gasteiger partial charge in [-0.3, -0.25) is 9.20 Å². The zero-order valence-electron chi connectivity index (χ0n) is 10.6. The number of pyridine rings is 1. The van der Waals surface area contributed by atoms with Crippen LogP contribution < -0.4 is 5.73 Å². The van der Waals surface area contributed by atoms with Gasteiger partial charge in [-0.15, -0.1) is 0 Å². The first-order chi connectivity index (χ1) is 9.70. The first-order valence-corrected chi connectivity index (χ1v) is 6.96. The van der Waals surface area contributed by atoms with Crippen molar-refractivity contribution in [1.82, 2.24) is 9.38 Å².